The van der Waals surface area contributed by atoms with E-state index in [1.54, 1.807) is 7.11 Å². The molecule has 6 nitrogen and oxygen atoms in total. The molecule has 7 heteroatoms. The minimum atomic E-state index is -3.58. The van der Waals surface area contributed by atoms with Gasteiger partial charge in [-0.05, 0) is 23.3 Å². The van der Waals surface area contributed by atoms with Crippen LogP contribution in [0, 0.1) is 0 Å². The van der Waals surface area contributed by atoms with Crippen LogP contribution in [0.5, 0.6) is 5.75 Å². The van der Waals surface area contributed by atoms with Gasteiger partial charge in [0.05, 0.1) is 13.7 Å². The van der Waals surface area contributed by atoms with Gasteiger partial charge in [-0.1, -0.05) is 42.5 Å². The van der Waals surface area contributed by atoms with E-state index in [1.165, 1.54) is 6.08 Å². The Balaban J connectivity index is 1.66. The van der Waals surface area contributed by atoms with Gasteiger partial charge in [0.2, 0.25) is 0 Å². The van der Waals surface area contributed by atoms with E-state index in [4.69, 9.17) is 4.74 Å². The summed E-state index contributed by atoms with van der Waals surface area (Å²) >= 11 is 0. The molecule has 25 heavy (non-hydrogen) atoms. The van der Waals surface area contributed by atoms with Crippen molar-refractivity contribution in [3.63, 3.8) is 0 Å². The Morgan fingerprint density at radius 1 is 1.04 bits per heavy atom. The number of aliphatic imine (C=N–C) groups is 1. The molecule has 2 aromatic carbocycles. The average Bonchev–Trinajstić information content (AvgIpc) is 2.93. The van der Waals surface area contributed by atoms with E-state index in [0.29, 0.717) is 18.9 Å². The van der Waals surface area contributed by atoms with Crippen LogP contribution in [0.1, 0.15) is 11.1 Å². The Hall–Kier alpha value is -2.80. The lowest BCUT2D eigenvalue weighted by molar-refractivity contribution is 0.414. The molecule has 0 saturated heterocycles. The van der Waals surface area contributed by atoms with Crippen LogP contribution in [-0.4, -0.2) is 21.4 Å². The smallest absolute Gasteiger partial charge is 0.278 e. The van der Waals surface area contributed by atoms with Gasteiger partial charge in [0.1, 0.15) is 11.6 Å². The Labute approximate surface area is 147 Å². The van der Waals surface area contributed by atoms with Crippen molar-refractivity contribution in [2.24, 2.45) is 4.99 Å². The molecule has 1 aliphatic heterocycles. The van der Waals surface area contributed by atoms with Crippen molar-refractivity contribution in [1.82, 2.24) is 10.0 Å². The summed E-state index contributed by atoms with van der Waals surface area (Å²) in [5, 5.41) is 3.06. The summed E-state index contributed by atoms with van der Waals surface area (Å²) < 4.78 is 31.9. The van der Waals surface area contributed by atoms with E-state index < -0.39 is 10.0 Å². The molecule has 0 bridgehead atoms. The molecule has 0 saturated carbocycles. The van der Waals surface area contributed by atoms with Gasteiger partial charge in [-0.15, -0.1) is 0 Å². The SMILES string of the molecule is COc1ccc(CNC2=CC(=NCc3ccccc3)NS2(=O)=O)cc1. The summed E-state index contributed by atoms with van der Waals surface area (Å²) in [6.45, 7) is 0.809. The minimum absolute atomic E-state index is 0.120. The normalized spacial score (nSPS) is 17.0. The van der Waals surface area contributed by atoms with Crippen LogP contribution < -0.4 is 14.8 Å². The number of hydrogen-bond acceptors (Lipinski definition) is 5. The topological polar surface area (TPSA) is 79.8 Å². The molecular weight excluding hydrogens is 338 g/mol. The lowest BCUT2D eigenvalue weighted by Crippen LogP contribution is -2.27. The molecule has 130 valence electrons. The Morgan fingerprint density at radius 3 is 2.44 bits per heavy atom. The van der Waals surface area contributed by atoms with E-state index in [2.05, 4.69) is 15.0 Å². The third kappa shape index (κ3) is 4.39. The third-order valence-electron chi connectivity index (χ3n) is 3.70. The van der Waals surface area contributed by atoms with Crippen LogP contribution in [0.25, 0.3) is 0 Å². The van der Waals surface area contributed by atoms with Crippen molar-refractivity contribution < 1.29 is 13.2 Å². The molecule has 3 rings (SSSR count). The summed E-state index contributed by atoms with van der Waals surface area (Å²) in [5.41, 5.74) is 1.97. The zero-order valence-electron chi connectivity index (χ0n) is 13.8. The molecule has 0 amide bonds. The number of amidine groups is 1. The zero-order valence-corrected chi connectivity index (χ0v) is 14.6. The van der Waals surface area contributed by atoms with E-state index >= 15 is 0 Å². The van der Waals surface area contributed by atoms with Gasteiger partial charge in [0.15, 0.2) is 5.03 Å². The van der Waals surface area contributed by atoms with Crippen molar-refractivity contribution in [2.75, 3.05) is 7.11 Å². The fraction of sp³-hybridized carbons (Fsp3) is 0.167. The molecule has 2 aromatic rings. The maximum Gasteiger partial charge on any atom is 0.278 e. The Bertz CT molecular complexity index is 889. The second-order valence-corrected chi connectivity index (χ2v) is 7.15. The number of rotatable bonds is 6. The van der Waals surface area contributed by atoms with Crippen molar-refractivity contribution >= 4 is 15.9 Å². The molecule has 0 aromatic heterocycles. The van der Waals surface area contributed by atoms with Crippen LogP contribution >= 0.6 is 0 Å². The predicted octanol–water partition coefficient (Wildman–Crippen LogP) is 2.16. The standard InChI is InChI=1S/C18H19N3O3S/c1-24-16-9-7-15(8-10-16)13-20-18-11-17(21-25(18,22)23)19-12-14-5-3-2-4-6-14/h2-11,20H,12-13H2,1H3,(H,19,21). The second kappa shape index (κ2) is 7.40. The van der Waals surface area contributed by atoms with Crippen LogP contribution in [-0.2, 0) is 23.1 Å². The van der Waals surface area contributed by atoms with Crippen LogP contribution in [0.2, 0.25) is 0 Å². The third-order valence-corrected chi connectivity index (χ3v) is 5.02. The maximum atomic E-state index is 12.2. The fourth-order valence-corrected chi connectivity index (χ4v) is 3.38. The molecule has 0 atom stereocenters. The van der Waals surface area contributed by atoms with Gasteiger partial charge in [0, 0.05) is 12.6 Å². The van der Waals surface area contributed by atoms with E-state index in [1.807, 2.05) is 54.6 Å². The number of nitrogens with one attached hydrogen (secondary N) is 2. The minimum Gasteiger partial charge on any atom is -0.497 e. The van der Waals surface area contributed by atoms with Crippen LogP contribution in [0.15, 0.2) is 70.7 Å². The van der Waals surface area contributed by atoms with Gasteiger partial charge < -0.3 is 10.1 Å². The monoisotopic (exact) mass is 357 g/mol. The molecular formula is C18H19N3O3S. The Kier molecular flexibility index (Phi) is 5.04. The molecule has 0 radical (unpaired) electrons. The van der Waals surface area contributed by atoms with Gasteiger partial charge in [0.25, 0.3) is 10.0 Å². The summed E-state index contributed by atoms with van der Waals surface area (Å²) in [7, 11) is -1.98. The van der Waals surface area contributed by atoms with Crippen molar-refractivity contribution in [1.29, 1.82) is 0 Å². The highest BCUT2D eigenvalue weighted by Gasteiger charge is 2.26. The lowest BCUT2D eigenvalue weighted by atomic mass is 10.2. The summed E-state index contributed by atoms with van der Waals surface area (Å²) in [6, 6.07) is 17.1. The molecule has 0 aliphatic carbocycles. The highest BCUT2D eigenvalue weighted by atomic mass is 32.2. The second-order valence-electron chi connectivity index (χ2n) is 5.50. The highest BCUT2D eigenvalue weighted by molar-refractivity contribution is 7.94. The predicted molar refractivity (Wildman–Crippen MR) is 97.6 cm³/mol. The summed E-state index contributed by atoms with van der Waals surface area (Å²) in [4.78, 5) is 4.31. The molecule has 0 unspecified atom stereocenters. The van der Waals surface area contributed by atoms with Crippen molar-refractivity contribution in [3.05, 3.63) is 76.8 Å². The average molecular weight is 357 g/mol. The number of hydrogen-bond donors (Lipinski definition) is 2. The Morgan fingerprint density at radius 2 is 1.76 bits per heavy atom. The molecule has 0 fully saturated rings. The largest absolute Gasteiger partial charge is 0.497 e. The van der Waals surface area contributed by atoms with Crippen molar-refractivity contribution in [2.45, 2.75) is 13.1 Å². The molecule has 1 heterocycles. The lowest BCUT2D eigenvalue weighted by Gasteiger charge is -2.07. The first-order chi connectivity index (χ1) is 12.1. The summed E-state index contributed by atoms with van der Waals surface area (Å²) in [5.74, 6) is 1.09. The number of ether oxygens (including phenoxy) is 1. The number of sulfonamides is 1. The molecule has 0 spiro atoms. The quantitative estimate of drug-likeness (QED) is 0.830. The zero-order chi connectivity index (χ0) is 17.7. The number of nitrogens with zero attached hydrogens (tertiary/aromatic N) is 1. The van der Waals surface area contributed by atoms with E-state index in [9.17, 15) is 8.42 Å². The molecule has 1 aliphatic rings. The summed E-state index contributed by atoms with van der Waals surface area (Å²) in [6.07, 6.45) is 1.52. The van der Waals surface area contributed by atoms with E-state index in [0.717, 1.165) is 16.9 Å². The van der Waals surface area contributed by atoms with Gasteiger partial charge >= 0.3 is 0 Å². The molecule has 2 N–H and O–H groups in total. The number of benzene rings is 2. The number of methoxy groups -OCH3 is 1. The van der Waals surface area contributed by atoms with Gasteiger partial charge in [-0.2, -0.15) is 8.42 Å². The highest BCUT2D eigenvalue weighted by Crippen LogP contribution is 2.14. The van der Waals surface area contributed by atoms with Crippen LogP contribution in [0.4, 0.5) is 0 Å². The maximum absolute atomic E-state index is 12.2. The first-order valence-corrected chi connectivity index (χ1v) is 9.25. The van der Waals surface area contributed by atoms with Gasteiger partial charge in [-0.3, -0.25) is 9.71 Å². The van der Waals surface area contributed by atoms with Crippen molar-refractivity contribution in [3.8, 4) is 5.75 Å². The van der Waals surface area contributed by atoms with E-state index in [-0.39, 0.29) is 5.03 Å². The fourth-order valence-electron chi connectivity index (χ4n) is 2.34. The van der Waals surface area contributed by atoms with Gasteiger partial charge in [-0.25, -0.2) is 0 Å². The first kappa shape index (κ1) is 17.0. The first-order valence-electron chi connectivity index (χ1n) is 7.76. The van der Waals surface area contributed by atoms with Crippen LogP contribution in [0.3, 0.4) is 0 Å².